The number of hydrogen-bond donors (Lipinski definition) is 0. The second-order valence-corrected chi connectivity index (χ2v) is 6.50. The van der Waals surface area contributed by atoms with E-state index in [9.17, 15) is 4.79 Å². The Hall–Kier alpha value is -3.38. The standard InChI is InChI=1S/C21H16ClN3O3/c1-27-20-6-3-13(9-16(20)21(26)28-2)17-11-19(25-8-7-23-12-25)15-5-4-14(22)10-18(15)24-17/h3-12H,1-2H3. The van der Waals surface area contributed by atoms with Crippen LogP contribution >= 0.6 is 11.6 Å². The maximum Gasteiger partial charge on any atom is 0.341 e. The third kappa shape index (κ3) is 3.18. The number of pyridine rings is 1. The first-order chi connectivity index (χ1) is 13.6. The van der Waals surface area contributed by atoms with Crippen LogP contribution in [0.4, 0.5) is 0 Å². The molecular formula is C21H16ClN3O3. The third-order valence-corrected chi connectivity index (χ3v) is 4.67. The quantitative estimate of drug-likeness (QED) is 0.476. The lowest BCUT2D eigenvalue weighted by molar-refractivity contribution is 0.0597. The van der Waals surface area contributed by atoms with Crippen molar-refractivity contribution >= 4 is 28.5 Å². The molecule has 0 radical (unpaired) electrons. The molecule has 140 valence electrons. The van der Waals surface area contributed by atoms with Gasteiger partial charge >= 0.3 is 5.97 Å². The zero-order valence-corrected chi connectivity index (χ0v) is 16.0. The summed E-state index contributed by atoms with van der Waals surface area (Å²) < 4.78 is 12.1. The number of carbonyl (C=O) groups is 1. The van der Waals surface area contributed by atoms with Gasteiger partial charge in [-0.25, -0.2) is 14.8 Å². The second-order valence-electron chi connectivity index (χ2n) is 6.06. The largest absolute Gasteiger partial charge is 0.496 e. The number of esters is 1. The first-order valence-electron chi connectivity index (χ1n) is 8.46. The number of hydrogen-bond acceptors (Lipinski definition) is 5. The number of ether oxygens (including phenoxy) is 2. The Morgan fingerprint density at radius 1 is 1.11 bits per heavy atom. The number of fused-ring (bicyclic) bond motifs is 1. The predicted molar refractivity (Wildman–Crippen MR) is 107 cm³/mol. The summed E-state index contributed by atoms with van der Waals surface area (Å²) in [4.78, 5) is 21.0. The number of aromatic nitrogens is 3. The van der Waals surface area contributed by atoms with Crippen LogP contribution in [0.5, 0.6) is 5.75 Å². The highest BCUT2D eigenvalue weighted by molar-refractivity contribution is 6.31. The minimum absolute atomic E-state index is 0.333. The van der Waals surface area contributed by atoms with Crippen molar-refractivity contribution in [3.8, 4) is 22.7 Å². The van der Waals surface area contributed by atoms with Crippen molar-refractivity contribution in [2.45, 2.75) is 0 Å². The molecule has 0 saturated carbocycles. The zero-order valence-electron chi connectivity index (χ0n) is 15.2. The summed E-state index contributed by atoms with van der Waals surface area (Å²) in [5.74, 6) is -0.0355. The number of rotatable bonds is 4. The van der Waals surface area contributed by atoms with Crippen molar-refractivity contribution in [2.24, 2.45) is 0 Å². The lowest BCUT2D eigenvalue weighted by Crippen LogP contribution is -2.04. The highest BCUT2D eigenvalue weighted by Crippen LogP contribution is 2.31. The van der Waals surface area contributed by atoms with E-state index in [1.54, 1.807) is 24.7 Å². The normalized spacial score (nSPS) is 10.8. The van der Waals surface area contributed by atoms with Gasteiger partial charge in [0.2, 0.25) is 0 Å². The third-order valence-electron chi connectivity index (χ3n) is 4.43. The Kier molecular flexibility index (Phi) is 4.71. The van der Waals surface area contributed by atoms with Gasteiger partial charge in [0.1, 0.15) is 11.3 Å². The SMILES string of the molecule is COC(=O)c1cc(-c2cc(-n3ccnc3)c3ccc(Cl)cc3n2)ccc1OC. The van der Waals surface area contributed by atoms with E-state index in [-0.39, 0.29) is 0 Å². The lowest BCUT2D eigenvalue weighted by atomic mass is 10.0. The Bertz CT molecular complexity index is 1170. The summed E-state index contributed by atoms with van der Waals surface area (Å²) in [7, 11) is 2.84. The molecule has 2 aromatic heterocycles. The molecule has 28 heavy (non-hydrogen) atoms. The molecule has 0 fully saturated rings. The fraction of sp³-hybridized carbons (Fsp3) is 0.0952. The molecule has 4 rings (SSSR count). The number of methoxy groups -OCH3 is 2. The van der Waals surface area contributed by atoms with Crippen LogP contribution in [-0.2, 0) is 4.74 Å². The van der Waals surface area contributed by atoms with Gasteiger partial charge in [-0.3, -0.25) is 0 Å². The van der Waals surface area contributed by atoms with Gasteiger partial charge in [-0.1, -0.05) is 11.6 Å². The van der Waals surface area contributed by atoms with Crippen molar-refractivity contribution in [3.05, 3.63) is 71.8 Å². The summed E-state index contributed by atoms with van der Waals surface area (Å²) in [5.41, 5.74) is 3.42. The number of nitrogens with zero attached hydrogens (tertiary/aromatic N) is 3. The molecule has 2 aromatic carbocycles. The van der Waals surface area contributed by atoms with Crippen LogP contribution < -0.4 is 4.74 Å². The molecule has 7 heteroatoms. The number of imidazole rings is 1. The monoisotopic (exact) mass is 393 g/mol. The van der Waals surface area contributed by atoms with Crippen molar-refractivity contribution in [1.29, 1.82) is 0 Å². The summed E-state index contributed by atoms with van der Waals surface area (Å²) in [6.07, 6.45) is 5.30. The van der Waals surface area contributed by atoms with Crippen molar-refractivity contribution < 1.29 is 14.3 Å². The molecule has 0 unspecified atom stereocenters. The lowest BCUT2D eigenvalue weighted by Gasteiger charge is -2.13. The van der Waals surface area contributed by atoms with E-state index in [4.69, 9.17) is 26.1 Å². The number of carbonyl (C=O) groups excluding carboxylic acids is 1. The molecule has 0 aliphatic rings. The topological polar surface area (TPSA) is 66.2 Å². The van der Waals surface area contributed by atoms with Crippen LogP contribution in [0.1, 0.15) is 10.4 Å². The van der Waals surface area contributed by atoms with Gasteiger partial charge in [0.25, 0.3) is 0 Å². The Labute approximate surface area is 166 Å². The van der Waals surface area contributed by atoms with E-state index in [1.165, 1.54) is 14.2 Å². The highest BCUT2D eigenvalue weighted by atomic mass is 35.5. The van der Waals surface area contributed by atoms with Crippen molar-refractivity contribution in [2.75, 3.05) is 14.2 Å². The summed E-state index contributed by atoms with van der Waals surface area (Å²) in [5, 5.41) is 1.53. The molecule has 0 saturated heterocycles. The van der Waals surface area contributed by atoms with Gasteiger partial charge in [0.05, 0.1) is 37.4 Å². The average molecular weight is 394 g/mol. The number of halogens is 1. The summed E-state index contributed by atoms with van der Waals surface area (Å²) in [6.45, 7) is 0. The maximum atomic E-state index is 12.1. The molecule has 0 N–H and O–H groups in total. The first-order valence-corrected chi connectivity index (χ1v) is 8.84. The van der Waals surface area contributed by atoms with Gasteiger partial charge in [-0.15, -0.1) is 0 Å². The van der Waals surface area contributed by atoms with E-state index in [2.05, 4.69) is 4.98 Å². The fourth-order valence-corrected chi connectivity index (χ4v) is 3.25. The smallest absolute Gasteiger partial charge is 0.341 e. The summed E-state index contributed by atoms with van der Waals surface area (Å²) in [6, 6.07) is 12.8. The molecule has 0 amide bonds. The van der Waals surface area contributed by atoms with Gasteiger partial charge in [-0.2, -0.15) is 0 Å². The molecule has 2 heterocycles. The second kappa shape index (κ2) is 7.32. The van der Waals surface area contributed by atoms with Gasteiger partial charge < -0.3 is 14.0 Å². The molecule has 0 spiro atoms. The van der Waals surface area contributed by atoms with Crippen LogP contribution in [0.25, 0.3) is 27.8 Å². The first kappa shape index (κ1) is 18.0. The average Bonchev–Trinajstić information content (AvgIpc) is 3.26. The van der Waals surface area contributed by atoms with Gasteiger partial charge in [0.15, 0.2) is 0 Å². The van der Waals surface area contributed by atoms with Crippen LogP contribution in [0.2, 0.25) is 5.02 Å². The van der Waals surface area contributed by atoms with E-state index < -0.39 is 5.97 Å². The molecule has 4 aromatic rings. The van der Waals surface area contributed by atoms with Crippen molar-refractivity contribution in [3.63, 3.8) is 0 Å². The molecule has 0 aliphatic carbocycles. The molecule has 0 bridgehead atoms. The number of benzene rings is 2. The van der Waals surface area contributed by atoms with E-state index in [0.29, 0.717) is 22.0 Å². The van der Waals surface area contributed by atoms with E-state index in [1.807, 2.05) is 41.1 Å². The summed E-state index contributed by atoms with van der Waals surface area (Å²) >= 11 is 6.18. The Balaban J connectivity index is 1.96. The highest BCUT2D eigenvalue weighted by Gasteiger charge is 2.16. The maximum absolute atomic E-state index is 12.1. The Morgan fingerprint density at radius 2 is 1.96 bits per heavy atom. The minimum atomic E-state index is -0.475. The minimum Gasteiger partial charge on any atom is -0.496 e. The molecular weight excluding hydrogens is 378 g/mol. The van der Waals surface area contributed by atoms with Crippen LogP contribution in [0, 0.1) is 0 Å². The van der Waals surface area contributed by atoms with Crippen LogP contribution in [-0.4, -0.2) is 34.7 Å². The zero-order chi connectivity index (χ0) is 19.7. The molecule has 0 atom stereocenters. The van der Waals surface area contributed by atoms with E-state index >= 15 is 0 Å². The van der Waals surface area contributed by atoms with Crippen molar-refractivity contribution in [1.82, 2.24) is 14.5 Å². The van der Waals surface area contributed by atoms with Crippen LogP contribution in [0.3, 0.4) is 0 Å². The predicted octanol–water partition coefficient (Wildman–Crippen LogP) is 4.54. The van der Waals surface area contributed by atoms with Gasteiger partial charge in [0, 0.05) is 28.4 Å². The molecule has 0 aliphatic heterocycles. The molecule has 6 nitrogen and oxygen atoms in total. The van der Waals surface area contributed by atoms with Gasteiger partial charge in [-0.05, 0) is 42.5 Å². The van der Waals surface area contributed by atoms with E-state index in [0.717, 1.165) is 22.2 Å². The van der Waals surface area contributed by atoms with Crippen LogP contribution in [0.15, 0.2) is 61.2 Å². The fourth-order valence-electron chi connectivity index (χ4n) is 3.08. The Morgan fingerprint density at radius 3 is 2.68 bits per heavy atom.